The highest BCUT2D eigenvalue weighted by Crippen LogP contribution is 2.32. The van der Waals surface area contributed by atoms with Crippen molar-refractivity contribution < 1.29 is 27.8 Å². The van der Waals surface area contributed by atoms with Crippen molar-refractivity contribution in [2.45, 2.75) is 13.0 Å². The van der Waals surface area contributed by atoms with Gasteiger partial charge in [0.15, 0.2) is 11.6 Å². The maximum absolute atomic E-state index is 13.9. The monoisotopic (exact) mass is 408 g/mol. The van der Waals surface area contributed by atoms with E-state index in [1.54, 1.807) is 13.0 Å². The van der Waals surface area contributed by atoms with Gasteiger partial charge in [-0.25, -0.2) is 18.4 Å². The Hall–Kier alpha value is -2.94. The van der Waals surface area contributed by atoms with E-state index in [1.165, 1.54) is 23.3 Å². The molecule has 28 heavy (non-hydrogen) atoms. The molecule has 9 heteroatoms. The normalized spacial score (nSPS) is 16.8. The van der Waals surface area contributed by atoms with E-state index in [9.17, 15) is 18.4 Å². The third kappa shape index (κ3) is 3.99. The van der Waals surface area contributed by atoms with E-state index in [-0.39, 0.29) is 30.2 Å². The zero-order valence-electron chi connectivity index (χ0n) is 15.2. The van der Waals surface area contributed by atoms with Crippen molar-refractivity contribution in [1.82, 2.24) is 10.2 Å². The first-order valence-electron chi connectivity index (χ1n) is 8.46. The van der Waals surface area contributed by atoms with Crippen LogP contribution in [0.2, 0.25) is 0 Å². The summed E-state index contributed by atoms with van der Waals surface area (Å²) in [6.45, 7) is 1.55. The van der Waals surface area contributed by atoms with Crippen LogP contribution in [0.4, 0.5) is 13.6 Å². The number of rotatable bonds is 6. The lowest BCUT2D eigenvalue weighted by molar-refractivity contribution is -0.139. The highest BCUT2D eigenvalue weighted by molar-refractivity contribution is 7.08. The Morgan fingerprint density at radius 1 is 1.32 bits per heavy atom. The zero-order chi connectivity index (χ0) is 20.3. The van der Waals surface area contributed by atoms with Gasteiger partial charge in [0.2, 0.25) is 0 Å². The molecule has 1 aliphatic heterocycles. The minimum Gasteiger partial charge on any atom is -0.484 e. The first kappa shape index (κ1) is 19.8. The average Bonchev–Trinajstić information content (AvgIpc) is 3.18. The SMILES string of the molecule is CCOC(=O)C1=C(COc2ccc(F)cc2F)N(C)C(=O)N[C@@H]1c1ccsc1. The molecule has 1 aliphatic rings. The second-order valence-corrected chi connectivity index (χ2v) is 6.72. The Bertz CT molecular complexity index is 915. The molecule has 0 unspecified atom stereocenters. The van der Waals surface area contributed by atoms with Crippen LogP contribution in [0.3, 0.4) is 0 Å². The summed E-state index contributed by atoms with van der Waals surface area (Å²) in [6.07, 6.45) is 0. The molecule has 3 rings (SSSR count). The van der Waals surface area contributed by atoms with Gasteiger partial charge in [-0.2, -0.15) is 11.3 Å². The fourth-order valence-corrected chi connectivity index (χ4v) is 3.50. The highest BCUT2D eigenvalue weighted by Gasteiger charge is 2.37. The number of thiophene rings is 1. The van der Waals surface area contributed by atoms with Gasteiger partial charge in [0, 0.05) is 13.1 Å². The summed E-state index contributed by atoms with van der Waals surface area (Å²) in [5.74, 6) is -2.41. The van der Waals surface area contributed by atoms with Gasteiger partial charge in [0.1, 0.15) is 12.4 Å². The number of hydrogen-bond donors (Lipinski definition) is 1. The van der Waals surface area contributed by atoms with E-state index in [0.29, 0.717) is 6.07 Å². The predicted octanol–water partition coefficient (Wildman–Crippen LogP) is 3.62. The summed E-state index contributed by atoms with van der Waals surface area (Å²) >= 11 is 1.42. The molecule has 0 saturated heterocycles. The molecule has 0 spiro atoms. The average molecular weight is 408 g/mol. The van der Waals surface area contributed by atoms with Gasteiger partial charge >= 0.3 is 12.0 Å². The number of halogens is 2. The molecule has 2 aromatic rings. The lowest BCUT2D eigenvalue weighted by atomic mass is 9.97. The molecule has 148 valence electrons. The molecule has 6 nitrogen and oxygen atoms in total. The standard InChI is InChI=1S/C19H18F2N2O4S/c1-3-26-18(24)16-14(9-27-15-5-4-12(20)8-13(15)21)23(2)19(25)22-17(16)11-6-7-28-10-11/h4-8,10,17H,3,9H2,1-2H3,(H,22,25)/t17-/m1/s1. The predicted molar refractivity (Wildman–Crippen MR) is 98.9 cm³/mol. The Balaban J connectivity index is 2.00. The molecule has 1 N–H and O–H groups in total. The highest BCUT2D eigenvalue weighted by atomic mass is 32.1. The van der Waals surface area contributed by atoms with Crippen LogP contribution in [0.15, 0.2) is 46.3 Å². The second kappa shape index (κ2) is 8.39. The Labute approximate surface area is 164 Å². The first-order chi connectivity index (χ1) is 13.4. The molecular formula is C19H18F2N2O4S. The van der Waals surface area contributed by atoms with Crippen molar-refractivity contribution in [2.24, 2.45) is 0 Å². The zero-order valence-corrected chi connectivity index (χ0v) is 16.0. The second-order valence-electron chi connectivity index (χ2n) is 5.94. The topological polar surface area (TPSA) is 67.9 Å². The van der Waals surface area contributed by atoms with E-state index >= 15 is 0 Å². The number of nitrogens with zero attached hydrogens (tertiary/aromatic N) is 1. The maximum atomic E-state index is 13.9. The number of amides is 2. The van der Waals surface area contributed by atoms with Gasteiger partial charge in [-0.1, -0.05) is 0 Å². The summed E-state index contributed by atoms with van der Waals surface area (Å²) in [5.41, 5.74) is 1.16. The van der Waals surface area contributed by atoms with Crippen LogP contribution in [0.1, 0.15) is 18.5 Å². The maximum Gasteiger partial charge on any atom is 0.338 e. The van der Waals surface area contributed by atoms with Crippen molar-refractivity contribution in [3.63, 3.8) is 0 Å². The minimum atomic E-state index is -0.879. The summed E-state index contributed by atoms with van der Waals surface area (Å²) in [6, 6.07) is 3.53. The number of carbonyl (C=O) groups excluding carboxylic acids is 2. The number of esters is 1. The number of hydrogen-bond acceptors (Lipinski definition) is 5. The van der Waals surface area contributed by atoms with Crippen molar-refractivity contribution >= 4 is 23.3 Å². The molecule has 1 aromatic heterocycles. The number of urea groups is 1. The van der Waals surface area contributed by atoms with Crippen molar-refractivity contribution in [1.29, 1.82) is 0 Å². The number of carbonyl (C=O) groups is 2. The number of benzene rings is 1. The molecule has 0 bridgehead atoms. The van der Waals surface area contributed by atoms with Crippen molar-refractivity contribution in [3.8, 4) is 5.75 Å². The number of nitrogens with one attached hydrogen (secondary N) is 1. The third-order valence-corrected chi connectivity index (χ3v) is 4.91. The molecule has 0 radical (unpaired) electrons. The fraction of sp³-hybridized carbons (Fsp3) is 0.263. The van der Waals surface area contributed by atoms with Gasteiger partial charge in [-0.3, -0.25) is 4.90 Å². The van der Waals surface area contributed by atoms with Crippen molar-refractivity contribution in [3.05, 3.63) is 63.5 Å². The van der Waals surface area contributed by atoms with Gasteiger partial charge in [-0.05, 0) is 41.4 Å². The van der Waals surface area contributed by atoms with Crippen molar-refractivity contribution in [2.75, 3.05) is 20.3 Å². The fourth-order valence-electron chi connectivity index (χ4n) is 2.81. The van der Waals surface area contributed by atoms with Crippen LogP contribution in [0, 0.1) is 11.6 Å². The molecule has 0 fully saturated rings. The van der Waals surface area contributed by atoms with E-state index < -0.39 is 29.7 Å². The summed E-state index contributed by atoms with van der Waals surface area (Å²) < 4.78 is 37.6. The molecule has 2 amide bonds. The van der Waals surface area contributed by atoms with Gasteiger partial charge in [0.25, 0.3) is 0 Å². The summed E-state index contributed by atoms with van der Waals surface area (Å²) in [7, 11) is 1.47. The first-order valence-corrected chi connectivity index (χ1v) is 9.41. The van der Waals surface area contributed by atoms with Crippen LogP contribution in [0.5, 0.6) is 5.75 Å². The lowest BCUT2D eigenvalue weighted by Gasteiger charge is -2.34. The van der Waals surface area contributed by atoms with Gasteiger partial charge < -0.3 is 14.8 Å². The molecule has 1 aromatic carbocycles. The lowest BCUT2D eigenvalue weighted by Crippen LogP contribution is -2.48. The molecule has 0 saturated carbocycles. The Morgan fingerprint density at radius 3 is 2.75 bits per heavy atom. The molecular weight excluding hydrogens is 390 g/mol. The Morgan fingerprint density at radius 2 is 2.11 bits per heavy atom. The Kier molecular flexibility index (Phi) is 5.93. The third-order valence-electron chi connectivity index (χ3n) is 4.21. The van der Waals surface area contributed by atoms with Gasteiger partial charge in [-0.15, -0.1) is 0 Å². The number of ether oxygens (including phenoxy) is 2. The quantitative estimate of drug-likeness (QED) is 0.742. The smallest absolute Gasteiger partial charge is 0.338 e. The van der Waals surface area contributed by atoms with Gasteiger partial charge in [0.05, 0.1) is 23.9 Å². The summed E-state index contributed by atoms with van der Waals surface area (Å²) in [4.78, 5) is 26.3. The molecule has 2 heterocycles. The van der Waals surface area contributed by atoms with E-state index in [1.807, 2.05) is 10.8 Å². The number of likely N-dealkylation sites (N-methyl/N-ethyl adjacent to an activating group) is 1. The van der Waals surface area contributed by atoms with Crippen LogP contribution in [0.25, 0.3) is 0 Å². The van der Waals surface area contributed by atoms with Crippen LogP contribution in [-0.4, -0.2) is 37.2 Å². The summed E-state index contributed by atoms with van der Waals surface area (Å²) in [5, 5.41) is 6.40. The minimum absolute atomic E-state index is 0.150. The van der Waals surface area contributed by atoms with E-state index in [4.69, 9.17) is 9.47 Å². The van der Waals surface area contributed by atoms with Crippen LogP contribution < -0.4 is 10.1 Å². The molecule has 1 atom stereocenters. The van der Waals surface area contributed by atoms with Crippen LogP contribution >= 0.6 is 11.3 Å². The molecule has 0 aliphatic carbocycles. The largest absolute Gasteiger partial charge is 0.484 e. The van der Waals surface area contributed by atoms with E-state index in [0.717, 1.165) is 17.7 Å². The van der Waals surface area contributed by atoms with Crippen LogP contribution in [-0.2, 0) is 9.53 Å². The van der Waals surface area contributed by atoms with E-state index in [2.05, 4.69) is 5.32 Å².